The molecule has 13 heteroatoms. The van der Waals surface area contributed by atoms with Crippen LogP contribution in [0.15, 0.2) is 48.7 Å². The summed E-state index contributed by atoms with van der Waals surface area (Å²) >= 11 is 6.37. The van der Waals surface area contributed by atoms with Gasteiger partial charge in [-0.1, -0.05) is 29.8 Å². The number of aromatic nitrogens is 2. The van der Waals surface area contributed by atoms with Crippen LogP contribution in [0.3, 0.4) is 0 Å². The zero-order valence-corrected chi connectivity index (χ0v) is 22.4. The van der Waals surface area contributed by atoms with Gasteiger partial charge in [-0.3, -0.25) is 9.69 Å². The van der Waals surface area contributed by atoms with Crippen LogP contribution < -0.4 is 0 Å². The molecule has 6 nitrogen and oxygen atoms in total. The zero-order valence-electron chi connectivity index (χ0n) is 21.7. The van der Waals surface area contributed by atoms with Gasteiger partial charge in [-0.05, 0) is 36.9 Å². The van der Waals surface area contributed by atoms with Crippen molar-refractivity contribution in [1.82, 2.24) is 24.7 Å². The predicted octanol–water partition coefficient (Wildman–Crippen LogP) is 5.85. The predicted molar refractivity (Wildman–Crippen MR) is 137 cm³/mol. The second kappa shape index (κ2) is 11.7. The molecule has 0 aliphatic carbocycles. The Morgan fingerprint density at radius 3 is 2.12 bits per heavy atom. The lowest BCUT2D eigenvalue weighted by atomic mass is 10.0. The number of carbonyl (C=O) groups is 1. The Hall–Kier alpha value is -3.22. The van der Waals surface area contributed by atoms with E-state index in [1.165, 1.54) is 13.2 Å². The highest BCUT2D eigenvalue weighted by Crippen LogP contribution is 2.37. The van der Waals surface area contributed by atoms with Crippen molar-refractivity contribution in [1.29, 1.82) is 0 Å². The molecule has 0 N–H and O–H groups in total. The van der Waals surface area contributed by atoms with E-state index >= 15 is 0 Å². The van der Waals surface area contributed by atoms with Crippen LogP contribution in [-0.4, -0.2) is 70.8 Å². The van der Waals surface area contributed by atoms with E-state index < -0.39 is 35.9 Å². The Bertz CT molecular complexity index is 1340. The molecule has 2 heterocycles. The van der Waals surface area contributed by atoms with E-state index in [0.717, 1.165) is 31.1 Å². The molecule has 1 saturated heterocycles. The van der Waals surface area contributed by atoms with Crippen molar-refractivity contribution in [3.63, 3.8) is 0 Å². The van der Waals surface area contributed by atoms with Crippen molar-refractivity contribution in [2.75, 3.05) is 40.3 Å². The minimum atomic E-state index is -5.00. The second-order valence-electron chi connectivity index (χ2n) is 9.68. The molecule has 4 rings (SSSR count). The number of benzene rings is 2. The molecule has 1 aliphatic heterocycles. The minimum Gasteiger partial charge on any atom is -0.336 e. The molecule has 214 valence electrons. The summed E-state index contributed by atoms with van der Waals surface area (Å²) in [6.07, 6.45) is -8.53. The number of likely N-dealkylation sites (N-methyl/N-ethyl adjacent to an activating group) is 1. The molecule has 1 aromatic heterocycles. The summed E-state index contributed by atoms with van der Waals surface area (Å²) in [6.45, 7) is 3.08. The molecule has 0 saturated carbocycles. The standard InChI is InChI=1S/C27H26ClF6N5O/c1-37-7-9-39(10-8-37)16-23-35-14-21(20-5-3-4-6-22(20)28)24(36-23)25(40)38(2)15-17-11-18(26(29,30)31)13-19(12-17)27(32,33)34/h3-6,11-14H,7-10,15-16H2,1-2H3. The number of carbonyl (C=O) groups excluding carboxylic acids is 1. The number of rotatable bonds is 6. The van der Waals surface area contributed by atoms with Crippen molar-refractivity contribution in [2.45, 2.75) is 25.4 Å². The average molecular weight is 586 g/mol. The monoisotopic (exact) mass is 585 g/mol. The summed E-state index contributed by atoms with van der Waals surface area (Å²) in [5.74, 6) is -0.349. The first-order valence-corrected chi connectivity index (χ1v) is 12.7. The molecule has 2 aromatic carbocycles. The van der Waals surface area contributed by atoms with Crippen LogP contribution in [0.4, 0.5) is 26.3 Å². The third kappa shape index (κ3) is 7.10. The van der Waals surface area contributed by atoms with Gasteiger partial charge in [-0.25, -0.2) is 9.97 Å². The first-order valence-electron chi connectivity index (χ1n) is 12.3. The summed E-state index contributed by atoms with van der Waals surface area (Å²) in [5.41, 5.74) is -2.53. The van der Waals surface area contributed by atoms with Gasteiger partial charge >= 0.3 is 12.4 Å². The molecule has 0 bridgehead atoms. The van der Waals surface area contributed by atoms with Crippen LogP contribution in [-0.2, 0) is 25.4 Å². The molecule has 3 aromatic rings. The quantitative estimate of drug-likeness (QED) is 0.340. The molecule has 0 atom stereocenters. The van der Waals surface area contributed by atoms with E-state index in [9.17, 15) is 31.1 Å². The van der Waals surface area contributed by atoms with Crippen LogP contribution in [0.2, 0.25) is 5.02 Å². The highest BCUT2D eigenvalue weighted by molar-refractivity contribution is 6.33. The Morgan fingerprint density at radius 2 is 1.55 bits per heavy atom. The Kier molecular flexibility index (Phi) is 8.72. The zero-order chi connectivity index (χ0) is 29.2. The summed E-state index contributed by atoms with van der Waals surface area (Å²) in [7, 11) is 3.30. The number of nitrogens with zero attached hydrogens (tertiary/aromatic N) is 5. The number of hydrogen-bond acceptors (Lipinski definition) is 5. The van der Waals surface area contributed by atoms with Gasteiger partial charge in [0.1, 0.15) is 11.5 Å². The van der Waals surface area contributed by atoms with Gasteiger partial charge in [-0.15, -0.1) is 0 Å². The lowest BCUT2D eigenvalue weighted by molar-refractivity contribution is -0.143. The number of halogens is 7. The maximum atomic E-state index is 13.6. The number of hydrogen-bond donors (Lipinski definition) is 0. The van der Waals surface area contributed by atoms with Gasteiger partial charge in [0.15, 0.2) is 0 Å². The topological polar surface area (TPSA) is 52.6 Å². The highest BCUT2D eigenvalue weighted by atomic mass is 35.5. The second-order valence-corrected chi connectivity index (χ2v) is 10.1. The molecule has 40 heavy (non-hydrogen) atoms. The van der Waals surface area contributed by atoms with Gasteiger partial charge in [-0.2, -0.15) is 26.3 Å². The molecule has 1 amide bonds. The van der Waals surface area contributed by atoms with E-state index in [1.54, 1.807) is 24.3 Å². The maximum absolute atomic E-state index is 13.6. The fraction of sp³-hybridized carbons (Fsp3) is 0.370. The average Bonchev–Trinajstić information content (AvgIpc) is 2.89. The van der Waals surface area contributed by atoms with Crippen molar-refractivity contribution < 1.29 is 31.1 Å². The largest absolute Gasteiger partial charge is 0.416 e. The van der Waals surface area contributed by atoms with Gasteiger partial charge < -0.3 is 9.80 Å². The Morgan fingerprint density at radius 1 is 0.950 bits per heavy atom. The van der Waals surface area contributed by atoms with Crippen LogP contribution in [0, 0.1) is 0 Å². The third-order valence-electron chi connectivity index (χ3n) is 6.58. The first-order chi connectivity index (χ1) is 18.7. The molecule has 0 radical (unpaired) electrons. The molecule has 1 aliphatic rings. The maximum Gasteiger partial charge on any atom is 0.416 e. The Balaban J connectivity index is 1.68. The van der Waals surface area contributed by atoms with Crippen molar-refractivity contribution >= 4 is 17.5 Å². The van der Waals surface area contributed by atoms with Crippen LogP contribution >= 0.6 is 11.6 Å². The lowest BCUT2D eigenvalue weighted by Crippen LogP contribution is -2.44. The number of alkyl halides is 6. The fourth-order valence-electron chi connectivity index (χ4n) is 4.38. The normalized spacial score (nSPS) is 15.3. The van der Waals surface area contributed by atoms with Crippen molar-refractivity contribution in [3.05, 3.63) is 81.9 Å². The summed E-state index contributed by atoms with van der Waals surface area (Å²) in [5, 5.41) is 0.322. The van der Waals surface area contributed by atoms with Crippen LogP contribution in [0.5, 0.6) is 0 Å². The molecule has 0 unspecified atom stereocenters. The molecular formula is C27H26ClF6N5O. The molecule has 1 fully saturated rings. The number of piperazine rings is 1. The van der Waals surface area contributed by atoms with E-state index in [2.05, 4.69) is 19.8 Å². The molecular weight excluding hydrogens is 560 g/mol. The van der Waals surface area contributed by atoms with Crippen molar-refractivity contribution in [2.24, 2.45) is 0 Å². The van der Waals surface area contributed by atoms with E-state index in [4.69, 9.17) is 11.6 Å². The Labute approximate surface area is 232 Å². The van der Waals surface area contributed by atoms with Gasteiger partial charge in [0.2, 0.25) is 0 Å². The number of amides is 1. The van der Waals surface area contributed by atoms with Crippen molar-refractivity contribution in [3.8, 4) is 11.1 Å². The third-order valence-corrected chi connectivity index (χ3v) is 6.91. The van der Waals surface area contributed by atoms with Gasteiger partial charge in [0.25, 0.3) is 5.91 Å². The summed E-state index contributed by atoms with van der Waals surface area (Å²) in [4.78, 5) is 27.9. The highest BCUT2D eigenvalue weighted by Gasteiger charge is 2.37. The minimum absolute atomic E-state index is 0.0515. The lowest BCUT2D eigenvalue weighted by Gasteiger charge is -2.31. The van der Waals surface area contributed by atoms with Gasteiger partial charge in [0.05, 0.1) is 17.7 Å². The SMILES string of the molecule is CN1CCN(Cc2ncc(-c3ccccc3Cl)c(C(=O)N(C)Cc3cc(C(F)(F)F)cc(C(F)(F)F)c3)n2)CC1. The van der Waals surface area contributed by atoms with Gasteiger partial charge in [0, 0.05) is 62.1 Å². The summed E-state index contributed by atoms with van der Waals surface area (Å²) in [6, 6.07) is 7.96. The van der Waals surface area contributed by atoms with E-state index in [-0.39, 0.29) is 17.3 Å². The van der Waals surface area contributed by atoms with Crippen LogP contribution in [0.25, 0.3) is 11.1 Å². The smallest absolute Gasteiger partial charge is 0.336 e. The van der Waals surface area contributed by atoms with E-state index in [0.29, 0.717) is 40.7 Å². The molecule has 0 spiro atoms. The van der Waals surface area contributed by atoms with E-state index in [1.807, 2.05) is 7.05 Å². The van der Waals surface area contributed by atoms with Crippen LogP contribution in [0.1, 0.15) is 33.0 Å². The fourth-order valence-corrected chi connectivity index (χ4v) is 4.61. The first kappa shape index (κ1) is 29.8. The summed E-state index contributed by atoms with van der Waals surface area (Å²) < 4.78 is 80.1.